The number of anilines is 2. The minimum absolute atomic E-state index is 0.120. The molecule has 0 aromatic heterocycles. The highest BCUT2D eigenvalue weighted by molar-refractivity contribution is 6.04. The first-order valence-electron chi connectivity index (χ1n) is 11.0. The summed E-state index contributed by atoms with van der Waals surface area (Å²) in [5, 5.41) is 8.23. The van der Waals surface area contributed by atoms with Crippen molar-refractivity contribution >= 4 is 29.1 Å². The third kappa shape index (κ3) is 6.13. The SMILES string of the molecule is O=C1CCC(Nc2cccc(NC(=O)c3ccc(CN4CCC(F)(F)CC4)cc3)c2)C(=O)N1. The maximum Gasteiger partial charge on any atom is 0.255 e. The van der Waals surface area contributed by atoms with Crippen LogP contribution in [-0.4, -0.2) is 47.7 Å². The van der Waals surface area contributed by atoms with E-state index in [0.717, 1.165) is 5.56 Å². The van der Waals surface area contributed by atoms with Gasteiger partial charge in [0.15, 0.2) is 0 Å². The van der Waals surface area contributed by atoms with Crippen molar-refractivity contribution in [2.45, 2.75) is 44.2 Å². The summed E-state index contributed by atoms with van der Waals surface area (Å²) in [4.78, 5) is 37.9. The molecule has 0 spiro atoms. The molecule has 0 saturated carbocycles. The molecule has 9 heteroatoms. The zero-order chi connectivity index (χ0) is 23.4. The highest BCUT2D eigenvalue weighted by Gasteiger charge is 2.33. The minimum atomic E-state index is -2.56. The van der Waals surface area contributed by atoms with Gasteiger partial charge in [0, 0.05) is 55.8 Å². The van der Waals surface area contributed by atoms with Gasteiger partial charge in [0.1, 0.15) is 6.04 Å². The van der Waals surface area contributed by atoms with E-state index in [9.17, 15) is 23.2 Å². The van der Waals surface area contributed by atoms with E-state index >= 15 is 0 Å². The van der Waals surface area contributed by atoms with Crippen LogP contribution in [0.15, 0.2) is 48.5 Å². The second-order valence-corrected chi connectivity index (χ2v) is 8.51. The van der Waals surface area contributed by atoms with E-state index in [-0.39, 0.29) is 37.0 Å². The average molecular weight is 456 g/mol. The molecule has 0 aliphatic carbocycles. The lowest BCUT2D eigenvalue weighted by atomic mass is 10.1. The Morgan fingerprint density at radius 2 is 1.76 bits per heavy atom. The third-order valence-corrected chi connectivity index (χ3v) is 5.91. The van der Waals surface area contributed by atoms with E-state index in [1.165, 1.54) is 0 Å². The van der Waals surface area contributed by atoms with E-state index < -0.39 is 12.0 Å². The maximum absolute atomic E-state index is 13.3. The molecular formula is C24H26F2N4O3. The van der Waals surface area contributed by atoms with Crippen molar-refractivity contribution in [3.05, 3.63) is 59.7 Å². The van der Waals surface area contributed by atoms with E-state index in [1.54, 1.807) is 36.4 Å². The Hall–Kier alpha value is -3.33. The van der Waals surface area contributed by atoms with Gasteiger partial charge in [0.25, 0.3) is 11.8 Å². The Bertz CT molecular complexity index is 1030. The van der Waals surface area contributed by atoms with Crippen LogP contribution < -0.4 is 16.0 Å². The van der Waals surface area contributed by atoms with E-state index in [1.807, 2.05) is 17.0 Å². The van der Waals surface area contributed by atoms with Crippen LogP contribution in [0.5, 0.6) is 0 Å². The number of carbonyl (C=O) groups excluding carboxylic acids is 3. The van der Waals surface area contributed by atoms with Crippen LogP contribution in [-0.2, 0) is 16.1 Å². The Morgan fingerprint density at radius 3 is 2.45 bits per heavy atom. The Kier molecular flexibility index (Phi) is 6.69. The zero-order valence-corrected chi connectivity index (χ0v) is 18.1. The number of nitrogens with zero attached hydrogens (tertiary/aromatic N) is 1. The number of likely N-dealkylation sites (tertiary alicyclic amines) is 1. The van der Waals surface area contributed by atoms with Gasteiger partial charge in [-0.15, -0.1) is 0 Å². The highest BCUT2D eigenvalue weighted by Crippen LogP contribution is 2.28. The van der Waals surface area contributed by atoms with Gasteiger partial charge in [-0.3, -0.25) is 24.6 Å². The third-order valence-electron chi connectivity index (χ3n) is 5.91. The number of halogens is 2. The maximum atomic E-state index is 13.3. The monoisotopic (exact) mass is 456 g/mol. The first-order chi connectivity index (χ1) is 15.8. The molecule has 2 aliphatic rings. The summed E-state index contributed by atoms with van der Waals surface area (Å²) in [7, 11) is 0. The predicted molar refractivity (Wildman–Crippen MR) is 120 cm³/mol. The van der Waals surface area contributed by atoms with Crippen molar-refractivity contribution in [3.63, 3.8) is 0 Å². The molecule has 0 radical (unpaired) electrons. The van der Waals surface area contributed by atoms with Crippen LogP contribution in [0.3, 0.4) is 0 Å². The molecule has 1 atom stereocenters. The van der Waals surface area contributed by atoms with Crippen molar-refractivity contribution < 1.29 is 23.2 Å². The van der Waals surface area contributed by atoms with Crippen LogP contribution in [0.2, 0.25) is 0 Å². The van der Waals surface area contributed by atoms with Gasteiger partial charge in [0.05, 0.1) is 0 Å². The predicted octanol–water partition coefficient (Wildman–Crippen LogP) is 3.39. The van der Waals surface area contributed by atoms with Crippen molar-refractivity contribution in [1.29, 1.82) is 0 Å². The summed E-state index contributed by atoms with van der Waals surface area (Å²) in [6.07, 6.45) is 0.448. The Labute approximate surface area is 190 Å². The number of hydrogen-bond donors (Lipinski definition) is 3. The summed E-state index contributed by atoms with van der Waals surface area (Å²) in [6, 6.07) is 13.6. The number of amides is 3. The molecule has 2 aliphatic heterocycles. The number of alkyl halides is 2. The molecule has 3 N–H and O–H groups in total. The van der Waals surface area contributed by atoms with E-state index in [0.29, 0.717) is 43.0 Å². The quantitative estimate of drug-likeness (QED) is 0.580. The number of piperidine rings is 2. The molecule has 1 unspecified atom stereocenters. The fraction of sp³-hybridized carbons (Fsp3) is 0.375. The molecule has 0 bridgehead atoms. The first-order valence-corrected chi connectivity index (χ1v) is 11.0. The molecular weight excluding hydrogens is 430 g/mol. The van der Waals surface area contributed by atoms with E-state index in [2.05, 4.69) is 16.0 Å². The van der Waals surface area contributed by atoms with Gasteiger partial charge in [-0.1, -0.05) is 18.2 Å². The van der Waals surface area contributed by atoms with Gasteiger partial charge in [-0.2, -0.15) is 0 Å². The smallest absolute Gasteiger partial charge is 0.255 e. The lowest BCUT2D eigenvalue weighted by Gasteiger charge is -2.31. The summed E-state index contributed by atoms with van der Waals surface area (Å²) in [6.45, 7) is 1.29. The lowest BCUT2D eigenvalue weighted by Crippen LogP contribution is -2.47. The first kappa shape index (κ1) is 22.8. The van der Waals surface area contributed by atoms with Crippen LogP contribution in [0.25, 0.3) is 0 Å². The zero-order valence-electron chi connectivity index (χ0n) is 18.1. The largest absolute Gasteiger partial charge is 0.374 e. The second kappa shape index (κ2) is 9.66. The number of imide groups is 1. The van der Waals surface area contributed by atoms with Gasteiger partial charge in [-0.05, 0) is 42.3 Å². The molecule has 2 saturated heterocycles. The van der Waals surface area contributed by atoms with Crippen molar-refractivity contribution in [1.82, 2.24) is 10.2 Å². The summed E-state index contributed by atoms with van der Waals surface area (Å²) in [5.74, 6) is -3.48. The fourth-order valence-electron chi connectivity index (χ4n) is 3.98. The number of carbonyl (C=O) groups is 3. The Morgan fingerprint density at radius 1 is 1.06 bits per heavy atom. The van der Waals surface area contributed by atoms with Gasteiger partial charge < -0.3 is 10.6 Å². The van der Waals surface area contributed by atoms with E-state index in [4.69, 9.17) is 0 Å². The van der Waals surface area contributed by atoms with Crippen molar-refractivity contribution in [2.75, 3.05) is 23.7 Å². The van der Waals surface area contributed by atoms with Crippen molar-refractivity contribution in [2.24, 2.45) is 0 Å². The molecule has 2 heterocycles. The normalized spacial score (nSPS) is 20.7. The van der Waals surface area contributed by atoms with Crippen LogP contribution in [0.1, 0.15) is 41.6 Å². The summed E-state index contributed by atoms with van der Waals surface area (Å²) in [5.41, 5.74) is 2.67. The minimum Gasteiger partial charge on any atom is -0.374 e. The van der Waals surface area contributed by atoms with Gasteiger partial charge in [-0.25, -0.2) is 8.78 Å². The molecule has 7 nitrogen and oxygen atoms in total. The van der Waals surface area contributed by atoms with Gasteiger partial charge in [0.2, 0.25) is 11.8 Å². The topological polar surface area (TPSA) is 90.5 Å². The van der Waals surface area contributed by atoms with Crippen LogP contribution in [0.4, 0.5) is 20.2 Å². The molecule has 2 aromatic carbocycles. The average Bonchev–Trinajstić information content (AvgIpc) is 2.78. The molecule has 4 rings (SSSR count). The second-order valence-electron chi connectivity index (χ2n) is 8.51. The fourth-order valence-corrected chi connectivity index (χ4v) is 3.98. The molecule has 174 valence electrons. The molecule has 2 fully saturated rings. The number of hydrogen-bond acceptors (Lipinski definition) is 5. The van der Waals surface area contributed by atoms with Crippen LogP contribution >= 0.6 is 0 Å². The highest BCUT2D eigenvalue weighted by atomic mass is 19.3. The number of rotatable bonds is 6. The summed E-state index contributed by atoms with van der Waals surface area (Å²) >= 11 is 0. The lowest BCUT2D eigenvalue weighted by molar-refractivity contribution is -0.133. The molecule has 3 amide bonds. The number of nitrogens with one attached hydrogen (secondary N) is 3. The summed E-state index contributed by atoms with van der Waals surface area (Å²) < 4.78 is 26.6. The van der Waals surface area contributed by atoms with Crippen LogP contribution in [0, 0.1) is 0 Å². The van der Waals surface area contributed by atoms with Gasteiger partial charge >= 0.3 is 0 Å². The standard InChI is InChI=1S/C24H26F2N4O3/c25-24(26)10-12-30(13-11-24)15-16-4-6-17(7-5-16)22(32)28-19-3-1-2-18(14-19)27-20-8-9-21(31)29-23(20)33/h1-7,14,20,27H,8-13,15H2,(H,28,32)(H,29,31,33). The Balaban J connectivity index is 1.32. The molecule has 33 heavy (non-hydrogen) atoms. The van der Waals surface area contributed by atoms with Crippen molar-refractivity contribution in [3.8, 4) is 0 Å². The number of benzene rings is 2. The molecule has 2 aromatic rings.